The van der Waals surface area contributed by atoms with Gasteiger partial charge in [-0.1, -0.05) is 0 Å². The van der Waals surface area contributed by atoms with Crippen LogP contribution in [0.1, 0.15) is 26.7 Å². The molecule has 0 saturated heterocycles. The third-order valence-electron chi connectivity index (χ3n) is 3.43. The summed E-state index contributed by atoms with van der Waals surface area (Å²) in [6, 6.07) is 6.09. The standard InChI is InChI=1S/C14H21N3O3S/c1-10(2)17(3)21(19,20)13-8-6-12(7-9-13)16-14(18)15-11-4-5-11/h6-11H,4-5H2,1-3H3,(H2,15,16,18). The highest BCUT2D eigenvalue weighted by atomic mass is 32.2. The summed E-state index contributed by atoms with van der Waals surface area (Å²) in [5, 5.41) is 5.49. The van der Waals surface area contributed by atoms with E-state index in [1.807, 2.05) is 13.8 Å². The highest BCUT2D eigenvalue weighted by Crippen LogP contribution is 2.20. The molecular formula is C14H21N3O3S. The van der Waals surface area contributed by atoms with Gasteiger partial charge in [0.15, 0.2) is 0 Å². The average Bonchev–Trinajstić information content (AvgIpc) is 3.22. The maximum Gasteiger partial charge on any atom is 0.319 e. The number of benzene rings is 1. The first-order valence-electron chi connectivity index (χ1n) is 6.96. The first-order chi connectivity index (χ1) is 9.80. The third-order valence-corrected chi connectivity index (χ3v) is 5.48. The van der Waals surface area contributed by atoms with Crippen molar-refractivity contribution in [2.45, 2.75) is 43.7 Å². The zero-order valence-electron chi connectivity index (χ0n) is 12.5. The Bertz CT molecular complexity index is 607. The molecule has 7 heteroatoms. The molecule has 1 aliphatic carbocycles. The van der Waals surface area contributed by atoms with Crippen molar-refractivity contribution in [1.82, 2.24) is 9.62 Å². The third kappa shape index (κ3) is 3.95. The molecule has 0 heterocycles. The molecule has 1 aromatic rings. The van der Waals surface area contributed by atoms with Crippen molar-refractivity contribution >= 4 is 21.7 Å². The van der Waals surface area contributed by atoms with E-state index < -0.39 is 10.0 Å². The van der Waals surface area contributed by atoms with Crippen LogP contribution in [0.25, 0.3) is 0 Å². The SMILES string of the molecule is CC(C)N(C)S(=O)(=O)c1ccc(NC(=O)NC2CC2)cc1. The van der Waals surface area contributed by atoms with E-state index in [1.165, 1.54) is 16.4 Å². The van der Waals surface area contributed by atoms with Crippen LogP contribution >= 0.6 is 0 Å². The molecule has 0 atom stereocenters. The maximum atomic E-state index is 12.3. The summed E-state index contributed by atoms with van der Waals surface area (Å²) in [4.78, 5) is 11.8. The summed E-state index contributed by atoms with van der Waals surface area (Å²) in [5.41, 5.74) is 0.569. The van der Waals surface area contributed by atoms with Crippen molar-refractivity contribution in [2.75, 3.05) is 12.4 Å². The molecule has 0 aliphatic heterocycles. The van der Waals surface area contributed by atoms with Crippen molar-refractivity contribution < 1.29 is 13.2 Å². The van der Waals surface area contributed by atoms with Gasteiger partial charge < -0.3 is 10.6 Å². The average molecular weight is 311 g/mol. The van der Waals surface area contributed by atoms with Crippen molar-refractivity contribution in [3.05, 3.63) is 24.3 Å². The number of anilines is 1. The van der Waals surface area contributed by atoms with Crippen LogP contribution in [0.3, 0.4) is 0 Å². The number of carbonyl (C=O) groups excluding carboxylic acids is 1. The van der Waals surface area contributed by atoms with Gasteiger partial charge in [0.2, 0.25) is 10.0 Å². The largest absolute Gasteiger partial charge is 0.335 e. The highest BCUT2D eigenvalue weighted by molar-refractivity contribution is 7.89. The molecule has 2 amide bonds. The summed E-state index contributed by atoms with van der Waals surface area (Å²) in [7, 11) is -1.94. The van der Waals surface area contributed by atoms with Crippen molar-refractivity contribution in [1.29, 1.82) is 0 Å². The summed E-state index contributed by atoms with van der Waals surface area (Å²) in [5.74, 6) is 0. The molecular weight excluding hydrogens is 290 g/mol. The lowest BCUT2D eigenvalue weighted by molar-refractivity contribution is 0.251. The molecule has 21 heavy (non-hydrogen) atoms. The molecule has 0 spiro atoms. The first-order valence-corrected chi connectivity index (χ1v) is 8.40. The molecule has 1 fully saturated rings. The molecule has 1 saturated carbocycles. The second-order valence-electron chi connectivity index (χ2n) is 5.51. The number of hydrogen-bond acceptors (Lipinski definition) is 3. The topological polar surface area (TPSA) is 78.5 Å². The van der Waals surface area contributed by atoms with Crippen LogP contribution in [-0.2, 0) is 10.0 Å². The molecule has 0 radical (unpaired) electrons. The number of carbonyl (C=O) groups is 1. The number of urea groups is 1. The van der Waals surface area contributed by atoms with E-state index in [4.69, 9.17) is 0 Å². The molecule has 116 valence electrons. The van der Waals surface area contributed by atoms with Gasteiger partial charge in [0.1, 0.15) is 0 Å². The van der Waals surface area contributed by atoms with E-state index in [0.29, 0.717) is 5.69 Å². The minimum absolute atomic E-state index is 0.114. The predicted octanol–water partition coefficient (Wildman–Crippen LogP) is 2.00. The molecule has 0 aromatic heterocycles. The quantitative estimate of drug-likeness (QED) is 0.873. The number of rotatable bonds is 5. The summed E-state index contributed by atoms with van der Waals surface area (Å²) in [6.45, 7) is 3.63. The van der Waals surface area contributed by atoms with Gasteiger partial charge in [-0.25, -0.2) is 13.2 Å². The second-order valence-corrected chi connectivity index (χ2v) is 7.51. The van der Waals surface area contributed by atoms with Crippen LogP contribution in [0.2, 0.25) is 0 Å². The smallest absolute Gasteiger partial charge is 0.319 e. The van der Waals surface area contributed by atoms with Crippen molar-refractivity contribution in [3.8, 4) is 0 Å². The Kier molecular flexibility index (Phi) is 4.53. The summed E-state index contributed by atoms with van der Waals surface area (Å²) >= 11 is 0. The van der Waals surface area contributed by atoms with Crippen molar-refractivity contribution in [3.63, 3.8) is 0 Å². The van der Waals surface area contributed by atoms with E-state index >= 15 is 0 Å². The van der Waals surface area contributed by atoms with Crippen LogP contribution in [-0.4, -0.2) is 37.9 Å². The Morgan fingerprint density at radius 1 is 1.24 bits per heavy atom. The number of nitrogens with zero attached hydrogens (tertiary/aromatic N) is 1. The normalized spacial score (nSPS) is 15.3. The van der Waals surface area contributed by atoms with E-state index in [9.17, 15) is 13.2 Å². The van der Waals surface area contributed by atoms with Crippen LogP contribution in [0.4, 0.5) is 10.5 Å². The van der Waals surface area contributed by atoms with Crippen LogP contribution < -0.4 is 10.6 Å². The van der Waals surface area contributed by atoms with Gasteiger partial charge in [0.25, 0.3) is 0 Å². The Morgan fingerprint density at radius 3 is 2.29 bits per heavy atom. The highest BCUT2D eigenvalue weighted by Gasteiger charge is 2.24. The molecule has 1 aliphatic rings. The minimum Gasteiger partial charge on any atom is -0.335 e. The first kappa shape index (κ1) is 15.8. The van der Waals surface area contributed by atoms with Gasteiger partial charge in [-0.05, 0) is 51.0 Å². The van der Waals surface area contributed by atoms with Gasteiger partial charge >= 0.3 is 6.03 Å². The fourth-order valence-corrected chi connectivity index (χ4v) is 3.10. The fourth-order valence-electron chi connectivity index (χ4n) is 1.73. The lowest BCUT2D eigenvalue weighted by atomic mass is 10.3. The van der Waals surface area contributed by atoms with Crippen LogP contribution in [0.15, 0.2) is 29.2 Å². The molecule has 2 rings (SSSR count). The summed E-state index contributed by atoms with van der Waals surface area (Å²) < 4.78 is 25.9. The number of hydrogen-bond donors (Lipinski definition) is 2. The second kappa shape index (κ2) is 6.03. The number of nitrogens with one attached hydrogen (secondary N) is 2. The lowest BCUT2D eigenvalue weighted by Gasteiger charge is -2.21. The monoisotopic (exact) mass is 311 g/mol. The Labute approximate surface area is 125 Å². The molecule has 0 unspecified atom stereocenters. The predicted molar refractivity (Wildman–Crippen MR) is 81.7 cm³/mol. The molecule has 0 bridgehead atoms. The molecule has 6 nitrogen and oxygen atoms in total. The van der Waals surface area contributed by atoms with Gasteiger partial charge in [-0.2, -0.15) is 4.31 Å². The van der Waals surface area contributed by atoms with E-state index in [2.05, 4.69) is 10.6 Å². The molecule has 2 N–H and O–H groups in total. The van der Waals surface area contributed by atoms with Gasteiger partial charge in [-0.15, -0.1) is 0 Å². The maximum absolute atomic E-state index is 12.3. The summed E-state index contributed by atoms with van der Waals surface area (Å²) in [6.07, 6.45) is 2.04. The number of amides is 2. The van der Waals surface area contributed by atoms with E-state index in [0.717, 1.165) is 12.8 Å². The number of sulfonamides is 1. The zero-order valence-corrected chi connectivity index (χ0v) is 13.3. The van der Waals surface area contributed by atoms with Crippen molar-refractivity contribution in [2.24, 2.45) is 0 Å². The van der Waals surface area contributed by atoms with Gasteiger partial charge in [0.05, 0.1) is 4.90 Å². The fraction of sp³-hybridized carbons (Fsp3) is 0.500. The Morgan fingerprint density at radius 2 is 1.81 bits per heavy atom. The van der Waals surface area contributed by atoms with Gasteiger partial charge in [0, 0.05) is 24.8 Å². The lowest BCUT2D eigenvalue weighted by Crippen LogP contribution is -2.33. The van der Waals surface area contributed by atoms with Gasteiger partial charge in [-0.3, -0.25) is 0 Å². The Balaban J connectivity index is 2.05. The zero-order chi connectivity index (χ0) is 15.6. The van der Waals surface area contributed by atoms with Crippen LogP contribution in [0.5, 0.6) is 0 Å². The van der Waals surface area contributed by atoms with E-state index in [1.54, 1.807) is 19.2 Å². The Hall–Kier alpha value is -1.60. The minimum atomic E-state index is -3.49. The van der Waals surface area contributed by atoms with Crippen LogP contribution in [0, 0.1) is 0 Å². The molecule has 1 aromatic carbocycles. The van der Waals surface area contributed by atoms with E-state index in [-0.39, 0.29) is 23.0 Å².